The van der Waals surface area contributed by atoms with Crippen LogP contribution in [0.15, 0.2) is 179 Å². The molecule has 0 saturated carbocycles. The van der Waals surface area contributed by atoms with Crippen molar-refractivity contribution in [2.45, 2.75) is 46.5 Å². The quantitative estimate of drug-likeness (QED) is 0.0561. The number of alkyl halides is 6. The van der Waals surface area contributed by atoms with Crippen LogP contribution in [0.1, 0.15) is 16.7 Å². The monoisotopic (exact) mass is 992 g/mol. The summed E-state index contributed by atoms with van der Waals surface area (Å²) in [6, 6.07) is 50.9. The second-order valence-corrected chi connectivity index (χ2v) is 19.8. The first-order chi connectivity index (χ1) is 29.7. The van der Waals surface area contributed by atoms with Crippen LogP contribution < -0.4 is 5.32 Å². The Hall–Kier alpha value is -4.70. The molecular formula is C44H50F6N2O7S5. The molecule has 1 atom stereocenters. The van der Waals surface area contributed by atoms with Crippen LogP contribution in [0.2, 0.25) is 0 Å². The molecule has 0 saturated heterocycles. The van der Waals surface area contributed by atoms with Crippen LogP contribution in [0.25, 0.3) is 0 Å². The van der Waals surface area contributed by atoms with Gasteiger partial charge < -0.3 is 9.87 Å². The van der Waals surface area contributed by atoms with Crippen molar-refractivity contribution in [3.05, 3.63) is 181 Å². The molecule has 0 radical (unpaired) electrons. The van der Waals surface area contributed by atoms with Crippen molar-refractivity contribution in [2.75, 3.05) is 30.3 Å². The van der Waals surface area contributed by atoms with Crippen LogP contribution in [0.3, 0.4) is 0 Å². The highest BCUT2D eigenvalue weighted by atomic mass is 32.2. The summed E-state index contributed by atoms with van der Waals surface area (Å²) in [6.45, 7) is 6.26. The number of benzene rings is 5. The summed E-state index contributed by atoms with van der Waals surface area (Å²) in [6.07, 6.45) is 11.8. The fraction of sp³-hybridized carbons (Fsp3) is 0.205. The molecule has 0 amide bonds. The molecule has 0 aliphatic carbocycles. The molecule has 9 nitrogen and oxygen atoms in total. The fourth-order valence-corrected chi connectivity index (χ4v) is 5.36. The van der Waals surface area contributed by atoms with Gasteiger partial charge in [-0.2, -0.15) is 34.8 Å². The van der Waals surface area contributed by atoms with Crippen molar-refractivity contribution in [3.63, 3.8) is 0 Å². The number of nitrogens with one attached hydrogen (secondary N) is 1. The van der Waals surface area contributed by atoms with E-state index in [9.17, 15) is 30.6 Å². The minimum absolute atomic E-state index is 0.413. The summed E-state index contributed by atoms with van der Waals surface area (Å²) in [7, 11) is -12.3. The molecule has 5 aromatic carbocycles. The SMILES string of the molecule is CS(=O)c1ccccc1.CSc1ccc(C)cc1.Cc1ccc([S+](C)C)cc1.Cc1ccncc1.O=S(=O)(O)C(F)(F)F.O=S(=O)([O-])C(F)(F)F.c1ccc(Nc2ccccc2)cc1. The van der Waals surface area contributed by atoms with Crippen molar-refractivity contribution in [1.82, 2.24) is 4.98 Å². The molecule has 1 heterocycles. The zero-order valence-corrected chi connectivity index (χ0v) is 39.8. The summed E-state index contributed by atoms with van der Waals surface area (Å²) < 4.78 is 127. The Bertz CT molecular complexity index is 2300. The molecule has 1 aromatic heterocycles. The van der Waals surface area contributed by atoms with E-state index in [1.807, 2.05) is 110 Å². The molecule has 0 fully saturated rings. The highest BCUT2D eigenvalue weighted by Gasteiger charge is 2.44. The lowest BCUT2D eigenvalue weighted by molar-refractivity contribution is -0.0519. The Balaban J connectivity index is 0.000000731. The van der Waals surface area contributed by atoms with Gasteiger partial charge in [-0.25, -0.2) is 8.42 Å². The van der Waals surface area contributed by atoms with Gasteiger partial charge in [0, 0.05) is 61.5 Å². The number of para-hydroxylation sites is 2. The molecule has 6 aromatic rings. The number of halogens is 6. The maximum absolute atomic E-state index is 10.8. The average molecular weight is 993 g/mol. The summed E-state index contributed by atoms with van der Waals surface area (Å²) in [5.74, 6) is 0. The summed E-state index contributed by atoms with van der Waals surface area (Å²) in [5.41, 5.74) is -5.01. The molecule has 350 valence electrons. The molecule has 64 heavy (non-hydrogen) atoms. The zero-order valence-electron chi connectivity index (χ0n) is 35.7. The Labute approximate surface area is 382 Å². The van der Waals surface area contributed by atoms with E-state index in [0.717, 1.165) is 16.3 Å². The molecule has 0 aliphatic heterocycles. The predicted octanol–water partition coefficient (Wildman–Crippen LogP) is 11.6. The zero-order chi connectivity index (χ0) is 49.0. The average Bonchev–Trinajstić information content (AvgIpc) is 3.23. The largest absolute Gasteiger partial charge is 0.741 e. The second kappa shape index (κ2) is 30.4. The topological polar surface area (TPSA) is 154 Å². The van der Waals surface area contributed by atoms with E-state index >= 15 is 0 Å². The van der Waals surface area contributed by atoms with Crippen molar-refractivity contribution < 1.29 is 56.5 Å². The maximum Gasteiger partial charge on any atom is 0.522 e. The van der Waals surface area contributed by atoms with Gasteiger partial charge in [0.1, 0.15) is 12.5 Å². The van der Waals surface area contributed by atoms with Gasteiger partial charge in [0.05, 0.1) is 0 Å². The first kappa shape index (κ1) is 59.3. The van der Waals surface area contributed by atoms with E-state index < -0.39 is 42.1 Å². The van der Waals surface area contributed by atoms with Gasteiger partial charge in [-0.15, -0.1) is 11.8 Å². The van der Waals surface area contributed by atoms with E-state index in [1.165, 1.54) is 26.5 Å². The van der Waals surface area contributed by atoms with E-state index in [2.05, 4.69) is 91.4 Å². The van der Waals surface area contributed by atoms with Gasteiger partial charge in [-0.3, -0.25) is 13.7 Å². The van der Waals surface area contributed by atoms with Gasteiger partial charge in [0.15, 0.2) is 15.0 Å². The molecule has 2 N–H and O–H groups in total. The molecule has 0 bridgehead atoms. The summed E-state index contributed by atoms with van der Waals surface area (Å²) in [4.78, 5) is 7.52. The third-order valence-electron chi connectivity index (χ3n) is 7.08. The lowest BCUT2D eigenvalue weighted by Gasteiger charge is -2.08. The normalized spacial score (nSPS) is 11.2. The van der Waals surface area contributed by atoms with Crippen molar-refractivity contribution in [1.29, 1.82) is 0 Å². The van der Waals surface area contributed by atoms with Gasteiger partial charge in [-0.05, 0) is 105 Å². The Kier molecular flexibility index (Phi) is 28.2. The van der Waals surface area contributed by atoms with E-state index in [0.29, 0.717) is 10.9 Å². The minimum Gasteiger partial charge on any atom is -0.741 e. The van der Waals surface area contributed by atoms with Crippen molar-refractivity contribution in [3.8, 4) is 0 Å². The minimum atomic E-state index is -6.09. The third-order valence-corrected chi connectivity index (χ3v) is 11.1. The van der Waals surface area contributed by atoms with Crippen LogP contribution in [-0.4, -0.2) is 71.2 Å². The lowest BCUT2D eigenvalue weighted by Crippen LogP contribution is -2.21. The number of aryl methyl sites for hydroxylation is 3. The summed E-state index contributed by atoms with van der Waals surface area (Å²) >= 11 is 1.78. The Morgan fingerprint density at radius 3 is 1.19 bits per heavy atom. The fourth-order valence-electron chi connectivity index (χ4n) is 3.73. The molecule has 0 spiro atoms. The van der Waals surface area contributed by atoms with Gasteiger partial charge in [0.25, 0.3) is 0 Å². The first-order valence-electron chi connectivity index (χ1n) is 18.1. The van der Waals surface area contributed by atoms with E-state index in [4.69, 9.17) is 25.9 Å². The number of nitrogens with zero attached hydrogens (tertiary/aromatic N) is 1. The summed E-state index contributed by atoms with van der Waals surface area (Å²) in [5, 5.41) is 3.30. The number of pyridine rings is 1. The number of hydrogen-bond donors (Lipinski definition) is 2. The lowest BCUT2D eigenvalue weighted by atomic mass is 10.2. The van der Waals surface area contributed by atoms with Gasteiger partial charge in [-0.1, -0.05) is 90.0 Å². The standard InChI is InChI=1S/C12H11N.C9H13S.C8H10S.C7H8OS.C6H7N.2CHF3O3S/c1-3-7-11(8-4-1)13-12-9-5-2-6-10-12;1-8-4-6-9(7-5-8)10(2)3;1-7-3-5-8(9-2)6-4-7;1-9(8)7-5-3-2-4-6-7;1-6-2-4-7-5-3-6;2*2-1(3,4)8(5,6)7/h1-10,13H;4-7H,1-3H3;3-6H,1-2H3;2-6H,1H3;2-5H,1H3;2*(H,5,6,7)/q;+1;;;;;/p-1. The van der Waals surface area contributed by atoms with Crippen LogP contribution in [0, 0.1) is 20.8 Å². The van der Waals surface area contributed by atoms with E-state index in [1.54, 1.807) is 30.4 Å². The smallest absolute Gasteiger partial charge is 0.522 e. The third kappa shape index (κ3) is 28.9. The Morgan fingerprint density at radius 1 is 0.609 bits per heavy atom. The van der Waals surface area contributed by atoms with Crippen LogP contribution >= 0.6 is 11.8 Å². The van der Waals surface area contributed by atoms with Crippen LogP contribution in [0.5, 0.6) is 0 Å². The highest BCUT2D eigenvalue weighted by molar-refractivity contribution is 7.98. The Morgan fingerprint density at radius 2 is 0.938 bits per heavy atom. The molecule has 0 aliphatic rings. The number of aromatic nitrogens is 1. The number of rotatable bonds is 5. The predicted molar refractivity (Wildman–Crippen MR) is 249 cm³/mol. The van der Waals surface area contributed by atoms with Gasteiger partial charge >= 0.3 is 21.1 Å². The number of hydrogen-bond acceptors (Lipinski definition) is 9. The second-order valence-electron chi connectivity index (χ2n) is 12.6. The first-order valence-corrected chi connectivity index (χ1v) is 25.8. The number of anilines is 2. The molecular weight excluding hydrogens is 943 g/mol. The highest BCUT2D eigenvalue weighted by Crippen LogP contribution is 2.21. The molecule has 6 rings (SSSR count). The van der Waals surface area contributed by atoms with Crippen LogP contribution in [0.4, 0.5) is 37.7 Å². The van der Waals surface area contributed by atoms with Crippen LogP contribution in [-0.2, 0) is 41.9 Å². The number of thioether (sulfide) groups is 1. The van der Waals surface area contributed by atoms with Crippen molar-refractivity contribution in [2.24, 2.45) is 0 Å². The molecule has 20 heteroatoms. The maximum atomic E-state index is 10.8. The van der Waals surface area contributed by atoms with Gasteiger partial charge in [0.2, 0.25) is 0 Å². The van der Waals surface area contributed by atoms with E-state index in [-0.39, 0.29) is 0 Å². The molecule has 1 unspecified atom stereocenters. The van der Waals surface area contributed by atoms with Crippen molar-refractivity contribution >= 4 is 65.1 Å².